The topological polar surface area (TPSA) is 58.2 Å². The molecule has 0 spiro atoms. The molecule has 0 aromatic carbocycles. The van der Waals surface area contributed by atoms with E-state index in [9.17, 15) is 9.59 Å². The Balaban J connectivity index is 2.30. The van der Waals surface area contributed by atoms with Crippen molar-refractivity contribution < 1.29 is 9.59 Å². The molecule has 2 atom stereocenters. The second-order valence-corrected chi connectivity index (χ2v) is 4.84. The van der Waals surface area contributed by atoms with Crippen molar-refractivity contribution in [3.8, 4) is 0 Å². The number of amides is 3. The lowest BCUT2D eigenvalue weighted by Crippen LogP contribution is -2.37. The molecule has 1 saturated heterocycles. The first kappa shape index (κ1) is 12.3. The van der Waals surface area contributed by atoms with Crippen LogP contribution in [-0.4, -0.2) is 23.4 Å². The fourth-order valence-electron chi connectivity index (χ4n) is 1.57. The van der Waals surface area contributed by atoms with Crippen LogP contribution in [0.4, 0.5) is 4.79 Å². The molecule has 0 saturated carbocycles. The van der Waals surface area contributed by atoms with E-state index in [-0.39, 0.29) is 11.3 Å². The molecule has 1 rings (SSSR count). The van der Waals surface area contributed by atoms with Gasteiger partial charge in [0.05, 0.1) is 5.38 Å². The first-order valence-corrected chi connectivity index (χ1v) is 5.69. The maximum absolute atomic E-state index is 11.2. The summed E-state index contributed by atoms with van der Waals surface area (Å²) in [5, 5.41) is 4.37. The molecule has 1 heterocycles. The predicted octanol–water partition coefficient (Wildman–Crippen LogP) is 1.63. The molecular weight excluding hydrogens is 216 g/mol. The number of halogens is 1. The smallest absolute Gasteiger partial charge is 0.322 e. The maximum atomic E-state index is 11.2. The Morgan fingerprint density at radius 1 is 1.33 bits per heavy atom. The first-order chi connectivity index (χ1) is 7.00. The highest BCUT2D eigenvalue weighted by Gasteiger charge is 2.34. The molecular formula is C10H17ClN2O2. The molecule has 5 heteroatoms. The van der Waals surface area contributed by atoms with E-state index in [1.165, 1.54) is 0 Å². The lowest BCUT2D eigenvalue weighted by Gasteiger charge is -2.14. The van der Waals surface area contributed by atoms with Gasteiger partial charge in [0.1, 0.15) is 6.04 Å². The summed E-state index contributed by atoms with van der Waals surface area (Å²) in [5.74, 6) is 0.324. The average molecular weight is 233 g/mol. The summed E-state index contributed by atoms with van der Waals surface area (Å²) in [6.07, 6.45) is 2.81. The minimum Gasteiger partial charge on any atom is -0.324 e. The molecule has 1 aliphatic rings. The van der Waals surface area contributed by atoms with Crippen LogP contribution in [0, 0.1) is 5.92 Å². The number of carbonyl (C=O) groups is 2. The van der Waals surface area contributed by atoms with Gasteiger partial charge in [-0.2, -0.15) is 0 Å². The van der Waals surface area contributed by atoms with Crippen LogP contribution in [0.1, 0.15) is 33.1 Å². The van der Waals surface area contributed by atoms with E-state index < -0.39 is 12.1 Å². The van der Waals surface area contributed by atoms with Gasteiger partial charge < -0.3 is 5.32 Å². The molecule has 2 unspecified atom stereocenters. The number of nitrogens with one attached hydrogen (secondary N) is 2. The fraction of sp³-hybridized carbons (Fsp3) is 0.800. The highest BCUT2D eigenvalue weighted by Crippen LogP contribution is 2.16. The normalized spacial score (nSPS) is 22.8. The molecule has 1 fully saturated rings. The summed E-state index contributed by atoms with van der Waals surface area (Å²) in [4.78, 5) is 22.1. The van der Waals surface area contributed by atoms with Gasteiger partial charge in [-0.05, 0) is 12.3 Å². The van der Waals surface area contributed by atoms with Crippen LogP contribution in [0.25, 0.3) is 0 Å². The SMILES string of the molecule is CC(C)CCCC(Cl)C1NC(=O)NC1=O. The van der Waals surface area contributed by atoms with Crippen molar-refractivity contribution in [2.24, 2.45) is 5.92 Å². The van der Waals surface area contributed by atoms with E-state index in [4.69, 9.17) is 11.6 Å². The van der Waals surface area contributed by atoms with Gasteiger partial charge in [-0.1, -0.05) is 26.7 Å². The van der Waals surface area contributed by atoms with Crippen molar-refractivity contribution in [3.05, 3.63) is 0 Å². The Bertz CT molecular complexity index is 256. The van der Waals surface area contributed by atoms with Crippen LogP contribution in [0.3, 0.4) is 0 Å². The molecule has 0 radical (unpaired) electrons. The van der Waals surface area contributed by atoms with Crippen molar-refractivity contribution in [3.63, 3.8) is 0 Å². The quantitative estimate of drug-likeness (QED) is 0.559. The van der Waals surface area contributed by atoms with Crippen LogP contribution in [-0.2, 0) is 4.79 Å². The second-order valence-electron chi connectivity index (χ2n) is 4.28. The first-order valence-electron chi connectivity index (χ1n) is 5.26. The predicted molar refractivity (Wildman–Crippen MR) is 58.8 cm³/mol. The van der Waals surface area contributed by atoms with E-state index in [2.05, 4.69) is 24.5 Å². The monoisotopic (exact) mass is 232 g/mol. The van der Waals surface area contributed by atoms with Crippen molar-refractivity contribution in [2.75, 3.05) is 0 Å². The molecule has 0 aromatic heterocycles. The summed E-state index contributed by atoms with van der Waals surface area (Å²) >= 11 is 6.06. The molecule has 0 aliphatic carbocycles. The third kappa shape index (κ3) is 3.70. The Hall–Kier alpha value is -0.770. The summed E-state index contributed by atoms with van der Waals surface area (Å²) in [5.41, 5.74) is 0. The van der Waals surface area contributed by atoms with Gasteiger partial charge in [0.15, 0.2) is 0 Å². The molecule has 2 N–H and O–H groups in total. The van der Waals surface area contributed by atoms with Crippen LogP contribution in [0.5, 0.6) is 0 Å². The van der Waals surface area contributed by atoms with Crippen LogP contribution >= 0.6 is 11.6 Å². The third-order valence-corrected chi connectivity index (χ3v) is 2.90. The molecule has 86 valence electrons. The standard InChI is InChI=1S/C10H17ClN2O2/c1-6(2)4-3-5-7(11)8-9(14)13-10(15)12-8/h6-8H,3-5H2,1-2H3,(H2,12,13,14,15). The minimum absolute atomic E-state index is 0.310. The summed E-state index contributed by atoms with van der Waals surface area (Å²) in [7, 11) is 0. The van der Waals surface area contributed by atoms with Crippen molar-refractivity contribution >= 4 is 23.5 Å². The van der Waals surface area contributed by atoms with E-state index in [1.807, 2.05) is 0 Å². The molecule has 15 heavy (non-hydrogen) atoms. The lowest BCUT2D eigenvalue weighted by molar-refractivity contribution is -0.120. The summed E-state index contributed by atoms with van der Waals surface area (Å²) in [6, 6.07) is -1.01. The zero-order valence-electron chi connectivity index (χ0n) is 9.05. The highest BCUT2D eigenvalue weighted by atomic mass is 35.5. The number of carbonyl (C=O) groups excluding carboxylic acids is 2. The zero-order valence-corrected chi connectivity index (χ0v) is 9.80. The number of hydrogen-bond acceptors (Lipinski definition) is 2. The van der Waals surface area contributed by atoms with Crippen LogP contribution < -0.4 is 10.6 Å². The molecule has 4 nitrogen and oxygen atoms in total. The van der Waals surface area contributed by atoms with Gasteiger partial charge in [-0.15, -0.1) is 11.6 Å². The number of alkyl halides is 1. The van der Waals surface area contributed by atoms with Gasteiger partial charge in [0, 0.05) is 0 Å². The van der Waals surface area contributed by atoms with Gasteiger partial charge >= 0.3 is 6.03 Å². The minimum atomic E-state index is -0.564. The van der Waals surface area contributed by atoms with Crippen LogP contribution in [0.15, 0.2) is 0 Å². The second kappa shape index (κ2) is 5.35. The Kier molecular flexibility index (Phi) is 4.39. The van der Waals surface area contributed by atoms with Gasteiger partial charge in [0.25, 0.3) is 5.91 Å². The highest BCUT2D eigenvalue weighted by molar-refractivity contribution is 6.24. The Labute approximate surface area is 94.7 Å². The number of urea groups is 1. The summed E-state index contributed by atoms with van der Waals surface area (Å²) < 4.78 is 0. The lowest BCUT2D eigenvalue weighted by atomic mass is 10.0. The van der Waals surface area contributed by atoms with Gasteiger partial charge in [-0.25, -0.2) is 4.79 Å². The average Bonchev–Trinajstić information content (AvgIpc) is 2.44. The largest absolute Gasteiger partial charge is 0.324 e. The Morgan fingerprint density at radius 3 is 2.47 bits per heavy atom. The Morgan fingerprint density at radius 2 is 2.00 bits per heavy atom. The molecule has 0 bridgehead atoms. The molecule has 0 aromatic rings. The number of imide groups is 1. The number of rotatable bonds is 5. The van der Waals surface area contributed by atoms with Crippen molar-refractivity contribution in [1.82, 2.24) is 10.6 Å². The fourth-order valence-corrected chi connectivity index (χ4v) is 1.91. The van der Waals surface area contributed by atoms with Crippen molar-refractivity contribution in [2.45, 2.75) is 44.5 Å². The van der Waals surface area contributed by atoms with Gasteiger partial charge in [0.2, 0.25) is 0 Å². The maximum Gasteiger partial charge on any atom is 0.322 e. The van der Waals surface area contributed by atoms with Crippen molar-refractivity contribution in [1.29, 1.82) is 0 Å². The third-order valence-electron chi connectivity index (χ3n) is 2.43. The van der Waals surface area contributed by atoms with Gasteiger partial charge in [-0.3, -0.25) is 10.1 Å². The summed E-state index contributed by atoms with van der Waals surface area (Å²) in [6.45, 7) is 4.29. The number of hydrogen-bond donors (Lipinski definition) is 2. The van der Waals surface area contributed by atoms with E-state index in [1.54, 1.807) is 0 Å². The van der Waals surface area contributed by atoms with Crippen LogP contribution in [0.2, 0.25) is 0 Å². The van der Waals surface area contributed by atoms with E-state index in [0.717, 1.165) is 19.3 Å². The van der Waals surface area contributed by atoms with E-state index >= 15 is 0 Å². The zero-order chi connectivity index (χ0) is 11.4. The van der Waals surface area contributed by atoms with E-state index in [0.29, 0.717) is 5.92 Å². The molecule has 3 amide bonds. The molecule has 1 aliphatic heterocycles.